The summed E-state index contributed by atoms with van der Waals surface area (Å²) in [6.45, 7) is 9.00. The van der Waals surface area contributed by atoms with Gasteiger partial charge in [0.1, 0.15) is 0 Å². The molecule has 0 radical (unpaired) electrons. The van der Waals surface area contributed by atoms with Gasteiger partial charge < -0.3 is 10.2 Å². The van der Waals surface area contributed by atoms with Crippen LogP contribution >= 0.6 is 11.6 Å². The molecule has 0 saturated carbocycles. The highest BCUT2D eigenvalue weighted by Crippen LogP contribution is 2.21. The van der Waals surface area contributed by atoms with Gasteiger partial charge in [0.15, 0.2) is 0 Å². The Morgan fingerprint density at radius 2 is 2.06 bits per heavy atom. The maximum absolute atomic E-state index is 6.36. The van der Waals surface area contributed by atoms with Gasteiger partial charge in [-0.05, 0) is 34.4 Å². The van der Waals surface area contributed by atoms with Crippen molar-refractivity contribution in [3.63, 3.8) is 0 Å². The first kappa shape index (κ1) is 15.5. The van der Waals surface area contributed by atoms with E-state index in [0.717, 1.165) is 42.5 Å². The predicted octanol–water partition coefficient (Wildman–Crippen LogP) is 2.16. The minimum absolute atomic E-state index is 0.432. The first-order valence-corrected chi connectivity index (χ1v) is 6.99. The lowest BCUT2D eigenvalue weighted by molar-refractivity contribution is 0.346. The van der Waals surface area contributed by atoms with E-state index in [4.69, 9.17) is 11.6 Å². The van der Waals surface area contributed by atoms with E-state index in [2.05, 4.69) is 50.2 Å². The third-order valence-corrected chi connectivity index (χ3v) is 3.39. The maximum atomic E-state index is 6.36. The Hall–Kier alpha value is -0.580. The van der Waals surface area contributed by atoms with E-state index in [1.54, 1.807) is 0 Å². The SMILES string of the molecule is CCc1nn(CC)c(CNC(C)CN(C)C)c1Cl. The average molecular weight is 273 g/mol. The molecular weight excluding hydrogens is 248 g/mol. The fraction of sp³-hybridized carbons (Fsp3) is 0.769. The van der Waals surface area contributed by atoms with Crippen LogP contribution in [0.1, 0.15) is 32.2 Å². The van der Waals surface area contributed by atoms with Gasteiger partial charge in [-0.25, -0.2) is 0 Å². The minimum Gasteiger partial charge on any atom is -0.308 e. The molecular formula is C13H25ClN4. The molecule has 0 aliphatic rings. The summed E-state index contributed by atoms with van der Waals surface area (Å²) < 4.78 is 2.00. The van der Waals surface area contributed by atoms with Crippen molar-refractivity contribution < 1.29 is 0 Å². The second-order valence-corrected chi connectivity index (χ2v) is 5.30. The smallest absolute Gasteiger partial charge is 0.0863 e. The average Bonchev–Trinajstić information content (AvgIpc) is 2.62. The molecule has 104 valence electrons. The zero-order chi connectivity index (χ0) is 13.7. The number of likely N-dealkylation sites (N-methyl/N-ethyl adjacent to an activating group) is 1. The zero-order valence-electron chi connectivity index (χ0n) is 12.1. The van der Waals surface area contributed by atoms with Crippen molar-refractivity contribution in [3.8, 4) is 0 Å². The standard InChI is InChI=1S/C13H25ClN4/c1-6-11-13(14)12(18(7-2)16-11)8-15-10(3)9-17(4)5/h10,15H,6-9H2,1-5H3. The van der Waals surface area contributed by atoms with Crippen molar-refractivity contribution in [2.75, 3.05) is 20.6 Å². The molecule has 0 spiro atoms. The second-order valence-electron chi connectivity index (χ2n) is 4.92. The third-order valence-electron chi connectivity index (χ3n) is 2.95. The topological polar surface area (TPSA) is 33.1 Å². The molecule has 4 nitrogen and oxygen atoms in total. The van der Waals surface area contributed by atoms with Crippen LogP contribution in [-0.4, -0.2) is 41.4 Å². The molecule has 0 aliphatic carbocycles. The molecule has 1 heterocycles. The molecule has 1 unspecified atom stereocenters. The van der Waals surface area contributed by atoms with Crippen LogP contribution in [0.2, 0.25) is 5.02 Å². The van der Waals surface area contributed by atoms with Gasteiger partial charge in [0.25, 0.3) is 0 Å². The van der Waals surface area contributed by atoms with E-state index >= 15 is 0 Å². The van der Waals surface area contributed by atoms with Crippen molar-refractivity contribution in [1.82, 2.24) is 20.0 Å². The fourth-order valence-electron chi connectivity index (χ4n) is 2.07. The van der Waals surface area contributed by atoms with Crippen LogP contribution in [-0.2, 0) is 19.5 Å². The number of hydrogen-bond donors (Lipinski definition) is 1. The Morgan fingerprint density at radius 3 is 2.56 bits per heavy atom. The molecule has 1 aromatic rings. The normalized spacial score (nSPS) is 13.3. The van der Waals surface area contributed by atoms with Crippen molar-refractivity contribution in [3.05, 3.63) is 16.4 Å². The highest BCUT2D eigenvalue weighted by Gasteiger charge is 2.14. The van der Waals surface area contributed by atoms with Crippen molar-refractivity contribution in [2.24, 2.45) is 0 Å². The molecule has 18 heavy (non-hydrogen) atoms. The molecule has 1 aromatic heterocycles. The number of rotatable bonds is 7. The van der Waals surface area contributed by atoms with E-state index < -0.39 is 0 Å². The quantitative estimate of drug-likeness (QED) is 0.826. The van der Waals surface area contributed by atoms with Gasteiger partial charge in [0.2, 0.25) is 0 Å². The number of aromatic nitrogens is 2. The second kappa shape index (κ2) is 7.12. The molecule has 0 bridgehead atoms. The molecule has 0 aliphatic heterocycles. The van der Waals surface area contributed by atoms with Gasteiger partial charge in [-0.2, -0.15) is 5.10 Å². The number of hydrogen-bond acceptors (Lipinski definition) is 3. The monoisotopic (exact) mass is 272 g/mol. The number of nitrogens with one attached hydrogen (secondary N) is 1. The molecule has 1 atom stereocenters. The summed E-state index contributed by atoms with van der Waals surface area (Å²) >= 11 is 6.36. The van der Waals surface area contributed by atoms with Gasteiger partial charge in [-0.1, -0.05) is 18.5 Å². The van der Waals surface area contributed by atoms with Crippen LogP contribution in [0.3, 0.4) is 0 Å². The van der Waals surface area contributed by atoms with Gasteiger partial charge in [0, 0.05) is 25.7 Å². The van der Waals surface area contributed by atoms with Crippen LogP contribution in [0.5, 0.6) is 0 Å². The molecule has 1 N–H and O–H groups in total. The maximum Gasteiger partial charge on any atom is 0.0863 e. The molecule has 1 rings (SSSR count). The Bertz CT molecular complexity index is 373. The number of nitrogens with zero attached hydrogens (tertiary/aromatic N) is 3. The minimum atomic E-state index is 0.432. The fourth-order valence-corrected chi connectivity index (χ4v) is 2.41. The summed E-state index contributed by atoms with van der Waals surface area (Å²) in [5.41, 5.74) is 2.09. The highest BCUT2D eigenvalue weighted by molar-refractivity contribution is 6.31. The van der Waals surface area contributed by atoms with E-state index in [1.807, 2.05) is 4.68 Å². The van der Waals surface area contributed by atoms with Crippen LogP contribution in [0, 0.1) is 0 Å². The van der Waals surface area contributed by atoms with Crippen LogP contribution < -0.4 is 5.32 Å². The van der Waals surface area contributed by atoms with Gasteiger partial charge in [-0.3, -0.25) is 4.68 Å². The largest absolute Gasteiger partial charge is 0.308 e. The molecule has 0 fully saturated rings. The third kappa shape index (κ3) is 3.97. The first-order chi connectivity index (χ1) is 8.49. The number of halogens is 1. The van der Waals surface area contributed by atoms with Gasteiger partial charge in [-0.15, -0.1) is 0 Å². The summed E-state index contributed by atoms with van der Waals surface area (Å²) in [6.07, 6.45) is 0.881. The van der Waals surface area contributed by atoms with Crippen LogP contribution in [0.15, 0.2) is 0 Å². The molecule has 5 heteroatoms. The lowest BCUT2D eigenvalue weighted by Gasteiger charge is -2.18. The van der Waals surface area contributed by atoms with Crippen molar-refractivity contribution in [1.29, 1.82) is 0 Å². The summed E-state index contributed by atoms with van der Waals surface area (Å²) in [5.74, 6) is 0. The summed E-state index contributed by atoms with van der Waals surface area (Å²) in [6, 6.07) is 0.432. The Labute approximate surface area is 115 Å². The lowest BCUT2D eigenvalue weighted by atomic mass is 10.2. The summed E-state index contributed by atoms with van der Waals surface area (Å²) in [5, 5.41) is 8.84. The van der Waals surface area contributed by atoms with Gasteiger partial charge >= 0.3 is 0 Å². The molecule has 0 aromatic carbocycles. The highest BCUT2D eigenvalue weighted by atomic mass is 35.5. The van der Waals surface area contributed by atoms with Crippen molar-refractivity contribution >= 4 is 11.6 Å². The molecule has 0 saturated heterocycles. The number of aryl methyl sites for hydroxylation is 2. The first-order valence-electron chi connectivity index (χ1n) is 6.61. The lowest BCUT2D eigenvalue weighted by Crippen LogP contribution is -2.35. The Balaban J connectivity index is 2.69. The van der Waals surface area contributed by atoms with Crippen LogP contribution in [0.25, 0.3) is 0 Å². The Morgan fingerprint density at radius 1 is 1.39 bits per heavy atom. The van der Waals surface area contributed by atoms with Crippen LogP contribution in [0.4, 0.5) is 0 Å². The van der Waals surface area contributed by atoms with E-state index in [9.17, 15) is 0 Å². The Kier molecular flexibility index (Phi) is 6.12. The summed E-state index contributed by atoms with van der Waals surface area (Å²) in [7, 11) is 4.16. The molecule has 0 amide bonds. The van der Waals surface area contributed by atoms with E-state index in [1.165, 1.54) is 0 Å². The summed E-state index contributed by atoms with van der Waals surface area (Å²) in [4.78, 5) is 2.17. The van der Waals surface area contributed by atoms with Gasteiger partial charge in [0.05, 0.1) is 16.4 Å². The van der Waals surface area contributed by atoms with E-state index in [0.29, 0.717) is 6.04 Å². The predicted molar refractivity (Wildman–Crippen MR) is 77.1 cm³/mol. The van der Waals surface area contributed by atoms with Crippen molar-refractivity contribution in [2.45, 2.75) is 46.3 Å². The zero-order valence-corrected chi connectivity index (χ0v) is 12.9. The van der Waals surface area contributed by atoms with E-state index in [-0.39, 0.29) is 0 Å².